The number of benzene rings is 1. The van der Waals surface area contributed by atoms with Crippen molar-refractivity contribution in [3.05, 3.63) is 81.8 Å². The van der Waals surface area contributed by atoms with E-state index in [1.807, 2.05) is 26.1 Å². The first kappa shape index (κ1) is 26.3. The number of aryl methyl sites for hydroxylation is 1. The van der Waals surface area contributed by atoms with Gasteiger partial charge in [-0.3, -0.25) is 23.8 Å². The van der Waals surface area contributed by atoms with Gasteiger partial charge in [0.15, 0.2) is 0 Å². The van der Waals surface area contributed by atoms with E-state index in [0.717, 1.165) is 11.3 Å². The van der Waals surface area contributed by atoms with Crippen LogP contribution in [-0.2, 0) is 16.6 Å². The Morgan fingerprint density at radius 3 is 2.72 bits per heavy atom. The van der Waals surface area contributed by atoms with Crippen molar-refractivity contribution in [2.75, 3.05) is 12.4 Å². The Morgan fingerprint density at radius 2 is 1.95 bits per heavy atom. The summed E-state index contributed by atoms with van der Waals surface area (Å²) in [5.41, 5.74) is 3.52. The Labute approximate surface area is 229 Å². The molecule has 3 aromatic heterocycles. The number of hydrogen-bond acceptors (Lipinski definition) is 7. The van der Waals surface area contributed by atoms with Gasteiger partial charge in [0.2, 0.25) is 5.91 Å². The van der Waals surface area contributed by atoms with Crippen LogP contribution >= 0.6 is 11.6 Å². The van der Waals surface area contributed by atoms with Crippen LogP contribution in [0.1, 0.15) is 48.3 Å². The van der Waals surface area contributed by atoms with Crippen LogP contribution in [0.15, 0.2) is 59.9 Å². The van der Waals surface area contributed by atoms with E-state index in [1.165, 1.54) is 19.5 Å². The molecule has 0 spiro atoms. The minimum atomic E-state index is -0.555. The number of nitrogens with one attached hydrogen (secondary N) is 1. The number of halogens is 1. The molecule has 1 aromatic carbocycles. The Kier molecular flexibility index (Phi) is 7.30. The van der Waals surface area contributed by atoms with Crippen LogP contribution in [0.5, 0.6) is 0 Å². The molecular weight excluding hydrogens is 520 g/mol. The number of pyridine rings is 1. The molecule has 0 saturated heterocycles. The molecule has 1 amide bonds. The van der Waals surface area contributed by atoms with Crippen molar-refractivity contribution in [3.8, 4) is 22.5 Å². The smallest absolute Gasteiger partial charge is 0.338 e. The van der Waals surface area contributed by atoms with Crippen molar-refractivity contribution < 1.29 is 14.3 Å². The summed E-state index contributed by atoms with van der Waals surface area (Å²) in [7, 11) is 3.10. The maximum Gasteiger partial charge on any atom is 0.338 e. The van der Waals surface area contributed by atoms with Crippen LogP contribution in [0.2, 0.25) is 5.02 Å². The fourth-order valence-corrected chi connectivity index (χ4v) is 5.06. The number of fused-ring (bicyclic) bond motifs is 4. The van der Waals surface area contributed by atoms with Crippen LogP contribution in [-0.4, -0.2) is 43.3 Å². The van der Waals surface area contributed by atoms with E-state index < -0.39 is 12.0 Å². The van der Waals surface area contributed by atoms with Gasteiger partial charge in [-0.1, -0.05) is 24.9 Å². The summed E-state index contributed by atoms with van der Waals surface area (Å²) < 4.78 is 8.13. The maximum absolute atomic E-state index is 13.5. The van der Waals surface area contributed by atoms with Crippen molar-refractivity contribution in [2.45, 2.75) is 32.2 Å². The van der Waals surface area contributed by atoms with Crippen LogP contribution in [0.3, 0.4) is 0 Å². The average Bonchev–Trinajstić information content (AvgIpc) is 3.29. The molecule has 4 aromatic rings. The minimum Gasteiger partial charge on any atom is -0.465 e. The highest BCUT2D eigenvalue weighted by Crippen LogP contribution is 2.32. The highest BCUT2D eigenvalue weighted by Gasteiger charge is 2.24. The largest absolute Gasteiger partial charge is 0.465 e. The molecule has 39 heavy (non-hydrogen) atoms. The normalized spacial score (nSPS) is 17.4. The number of amides is 1. The van der Waals surface area contributed by atoms with Gasteiger partial charge in [0, 0.05) is 41.4 Å². The van der Waals surface area contributed by atoms with Crippen LogP contribution in [0, 0.1) is 5.92 Å². The van der Waals surface area contributed by atoms with Crippen LogP contribution < -0.4 is 10.9 Å². The molecule has 0 saturated carbocycles. The van der Waals surface area contributed by atoms with Gasteiger partial charge in [0.1, 0.15) is 0 Å². The topological polar surface area (TPSA) is 121 Å². The van der Waals surface area contributed by atoms with Gasteiger partial charge in [-0.2, -0.15) is 5.10 Å². The fraction of sp³-hybridized carbons (Fsp3) is 0.286. The summed E-state index contributed by atoms with van der Waals surface area (Å²) in [5.74, 6) is -0.872. The number of aromatic nitrogens is 5. The Morgan fingerprint density at radius 1 is 1.13 bits per heavy atom. The van der Waals surface area contributed by atoms with Crippen molar-refractivity contribution in [2.24, 2.45) is 13.0 Å². The number of ether oxygens (including phenoxy) is 1. The van der Waals surface area contributed by atoms with E-state index >= 15 is 0 Å². The number of methoxy groups -OCH3 is 1. The molecule has 11 heteroatoms. The molecule has 0 aliphatic carbocycles. The lowest BCUT2D eigenvalue weighted by molar-refractivity contribution is -0.119. The second-order valence-electron chi connectivity index (χ2n) is 9.54. The molecule has 5 rings (SSSR count). The predicted molar refractivity (Wildman–Crippen MR) is 147 cm³/mol. The third-order valence-corrected chi connectivity index (χ3v) is 7.22. The molecular formula is C28H27ClN6O4. The van der Waals surface area contributed by atoms with Crippen molar-refractivity contribution >= 4 is 29.2 Å². The second kappa shape index (κ2) is 10.8. The highest BCUT2D eigenvalue weighted by atomic mass is 35.5. The molecule has 1 N–H and O–H groups in total. The fourth-order valence-electron chi connectivity index (χ4n) is 4.89. The summed E-state index contributed by atoms with van der Waals surface area (Å²) in [5, 5.41) is 7.74. The highest BCUT2D eigenvalue weighted by molar-refractivity contribution is 6.31. The summed E-state index contributed by atoms with van der Waals surface area (Å²) in [6, 6.07) is 9.42. The van der Waals surface area contributed by atoms with E-state index in [1.54, 1.807) is 39.8 Å². The van der Waals surface area contributed by atoms with Crippen LogP contribution in [0.4, 0.5) is 5.69 Å². The molecule has 200 valence electrons. The number of esters is 1. The number of nitrogens with zero attached hydrogens (tertiary/aromatic N) is 5. The lowest BCUT2D eigenvalue weighted by Crippen LogP contribution is -2.27. The van der Waals surface area contributed by atoms with E-state index in [4.69, 9.17) is 16.3 Å². The van der Waals surface area contributed by atoms with Gasteiger partial charge in [-0.15, -0.1) is 0 Å². The molecule has 2 unspecified atom stereocenters. The third kappa shape index (κ3) is 5.20. The van der Waals surface area contributed by atoms with Crippen molar-refractivity contribution in [3.63, 3.8) is 0 Å². The van der Waals surface area contributed by atoms with Gasteiger partial charge in [-0.25, -0.2) is 9.78 Å². The second-order valence-corrected chi connectivity index (χ2v) is 9.97. The Balaban J connectivity index is 1.60. The summed E-state index contributed by atoms with van der Waals surface area (Å²) in [6.45, 7) is 1.88. The van der Waals surface area contributed by atoms with Crippen molar-refractivity contribution in [1.82, 2.24) is 24.3 Å². The molecule has 10 nitrogen and oxygen atoms in total. The first-order valence-electron chi connectivity index (χ1n) is 12.5. The standard InChI is InChI=1S/C28H27ClN6O4/c1-16-5-4-6-24(22-11-17(9-10-30-22)26-23(33-27(16)37)14-32-34(26)2)35-15-31-21(13-25(35)36)20-12-18(29)7-8-19(20)28(38)39-3/h7-16,24H,4-6H2,1-3H3,(H,33,37). The van der Waals surface area contributed by atoms with Gasteiger partial charge in [0.25, 0.3) is 5.56 Å². The molecule has 0 fully saturated rings. The molecule has 1 aliphatic heterocycles. The number of carbonyl (C=O) groups excluding carboxylic acids is 2. The SMILES string of the molecule is COC(=O)c1ccc(Cl)cc1-c1cc(=O)n(C2CCCC(C)C(=O)Nc3cnn(C)c3-c3ccnc2c3)cn1. The summed E-state index contributed by atoms with van der Waals surface area (Å²) in [4.78, 5) is 47.8. The van der Waals surface area contributed by atoms with Gasteiger partial charge in [0.05, 0.1) is 54.0 Å². The molecule has 2 bridgehead atoms. The lowest BCUT2D eigenvalue weighted by atomic mass is 9.97. The van der Waals surface area contributed by atoms with E-state index in [2.05, 4.69) is 20.4 Å². The molecule has 4 heterocycles. The Bertz CT molecular complexity index is 1630. The zero-order valence-corrected chi connectivity index (χ0v) is 22.5. The number of rotatable bonds is 3. The minimum absolute atomic E-state index is 0.0817. The predicted octanol–water partition coefficient (Wildman–Crippen LogP) is 4.49. The maximum atomic E-state index is 13.5. The molecule has 2 atom stereocenters. The number of anilines is 1. The van der Waals surface area contributed by atoms with Gasteiger partial charge < -0.3 is 10.1 Å². The van der Waals surface area contributed by atoms with Crippen molar-refractivity contribution in [1.29, 1.82) is 0 Å². The zero-order valence-electron chi connectivity index (χ0n) is 21.7. The van der Waals surface area contributed by atoms with Gasteiger partial charge in [-0.05, 0) is 43.2 Å². The molecule has 0 radical (unpaired) electrons. The van der Waals surface area contributed by atoms with Crippen LogP contribution in [0.25, 0.3) is 22.5 Å². The van der Waals surface area contributed by atoms with E-state index in [-0.39, 0.29) is 22.9 Å². The first-order valence-corrected chi connectivity index (χ1v) is 12.9. The number of carbonyl (C=O) groups is 2. The summed E-state index contributed by atoms with van der Waals surface area (Å²) >= 11 is 6.19. The third-order valence-electron chi connectivity index (χ3n) is 6.99. The Hall–Kier alpha value is -4.31. The number of hydrogen-bond donors (Lipinski definition) is 1. The van der Waals surface area contributed by atoms with E-state index in [9.17, 15) is 14.4 Å². The summed E-state index contributed by atoms with van der Waals surface area (Å²) in [6.07, 6.45) is 6.66. The first-order chi connectivity index (χ1) is 18.8. The monoisotopic (exact) mass is 546 g/mol. The molecule has 1 aliphatic rings. The van der Waals surface area contributed by atoms with Gasteiger partial charge >= 0.3 is 5.97 Å². The quantitative estimate of drug-likeness (QED) is 0.376. The average molecular weight is 547 g/mol. The lowest BCUT2D eigenvalue weighted by Gasteiger charge is -2.22. The van der Waals surface area contributed by atoms with E-state index in [0.29, 0.717) is 46.9 Å². The zero-order chi connectivity index (χ0) is 27.7.